The van der Waals surface area contributed by atoms with E-state index < -0.39 is 5.82 Å². The van der Waals surface area contributed by atoms with Crippen LogP contribution in [-0.4, -0.2) is 58.4 Å². The maximum absolute atomic E-state index is 14.4. The van der Waals surface area contributed by atoms with E-state index in [0.29, 0.717) is 31.1 Å². The monoisotopic (exact) mass is 417 g/mol. The number of aromatic nitrogens is 3. The number of nitrogens with zero attached hydrogens (tertiary/aromatic N) is 5. The number of amides is 1. The van der Waals surface area contributed by atoms with E-state index in [-0.39, 0.29) is 23.5 Å². The molecule has 0 aliphatic carbocycles. The van der Waals surface area contributed by atoms with Crippen LogP contribution in [0.25, 0.3) is 10.9 Å². The fourth-order valence-electron chi connectivity index (χ4n) is 3.69. The van der Waals surface area contributed by atoms with Crippen molar-refractivity contribution in [1.82, 2.24) is 19.7 Å². The summed E-state index contributed by atoms with van der Waals surface area (Å²) in [5.41, 5.74) is 1.18. The van der Waals surface area contributed by atoms with Gasteiger partial charge in [0.1, 0.15) is 23.6 Å². The van der Waals surface area contributed by atoms with Gasteiger partial charge in [-0.15, -0.1) is 0 Å². The molecule has 0 radical (unpaired) electrons. The predicted octanol–water partition coefficient (Wildman–Crippen LogP) is 2.97. The lowest BCUT2D eigenvalue weighted by Crippen LogP contribution is -2.55. The summed E-state index contributed by atoms with van der Waals surface area (Å²) >= 11 is 5.99. The van der Waals surface area contributed by atoms with Gasteiger partial charge in [-0.05, 0) is 19.1 Å². The Morgan fingerprint density at radius 1 is 1.38 bits per heavy atom. The van der Waals surface area contributed by atoms with Gasteiger partial charge in [-0.3, -0.25) is 14.5 Å². The smallest absolute Gasteiger partial charge is 0.244 e. The summed E-state index contributed by atoms with van der Waals surface area (Å²) in [6.07, 6.45) is 5.21. The first kappa shape index (κ1) is 19.4. The molecular formula is C20H21ClFN5O2. The van der Waals surface area contributed by atoms with Gasteiger partial charge in [-0.1, -0.05) is 11.6 Å². The van der Waals surface area contributed by atoms with Crippen LogP contribution in [0.3, 0.4) is 0 Å². The molecule has 1 fully saturated rings. The molecule has 1 amide bonds. The van der Waals surface area contributed by atoms with Crippen LogP contribution < -0.4 is 9.64 Å². The first-order valence-electron chi connectivity index (χ1n) is 9.31. The molecule has 1 unspecified atom stereocenters. The van der Waals surface area contributed by atoms with E-state index in [0.717, 1.165) is 10.9 Å². The van der Waals surface area contributed by atoms with Gasteiger partial charge < -0.3 is 14.5 Å². The van der Waals surface area contributed by atoms with Gasteiger partial charge >= 0.3 is 0 Å². The van der Waals surface area contributed by atoms with Gasteiger partial charge in [-0.25, -0.2) is 4.39 Å². The molecule has 1 saturated heterocycles. The summed E-state index contributed by atoms with van der Waals surface area (Å²) in [7, 11) is 1.50. The molecule has 1 aliphatic rings. The zero-order valence-electron chi connectivity index (χ0n) is 16.2. The average molecular weight is 418 g/mol. The van der Waals surface area contributed by atoms with Crippen LogP contribution >= 0.6 is 11.6 Å². The Morgan fingerprint density at radius 3 is 2.93 bits per heavy atom. The summed E-state index contributed by atoms with van der Waals surface area (Å²) in [6, 6.07) is 4.64. The van der Waals surface area contributed by atoms with E-state index in [1.54, 1.807) is 23.1 Å². The van der Waals surface area contributed by atoms with E-state index in [1.165, 1.54) is 13.2 Å². The molecule has 0 bridgehead atoms. The van der Waals surface area contributed by atoms with Crippen molar-refractivity contribution in [1.29, 1.82) is 0 Å². The van der Waals surface area contributed by atoms with Crippen LogP contribution in [-0.2, 0) is 11.3 Å². The predicted molar refractivity (Wildman–Crippen MR) is 109 cm³/mol. The number of hydrogen-bond donors (Lipinski definition) is 0. The maximum Gasteiger partial charge on any atom is 0.244 e. The number of rotatable bonds is 4. The van der Waals surface area contributed by atoms with E-state index in [4.69, 9.17) is 16.3 Å². The quantitative estimate of drug-likeness (QED) is 0.653. The second-order valence-corrected chi connectivity index (χ2v) is 7.49. The number of anilines is 1. The zero-order valence-corrected chi connectivity index (χ0v) is 16.9. The number of carbonyl (C=O) groups is 1. The van der Waals surface area contributed by atoms with Crippen molar-refractivity contribution in [2.75, 3.05) is 31.6 Å². The molecule has 4 rings (SSSR count). The van der Waals surface area contributed by atoms with Crippen LogP contribution in [0.15, 0.2) is 36.8 Å². The summed E-state index contributed by atoms with van der Waals surface area (Å²) < 4.78 is 21.3. The SMILES string of the molecule is COc1cc(N2CCN(C(=O)Cn3cc4ccncc4n3)C(C)C2)c(F)cc1Cl. The van der Waals surface area contributed by atoms with E-state index in [9.17, 15) is 9.18 Å². The molecule has 0 spiro atoms. The lowest BCUT2D eigenvalue weighted by Gasteiger charge is -2.41. The van der Waals surface area contributed by atoms with Gasteiger partial charge in [0.25, 0.3) is 0 Å². The number of pyridine rings is 1. The van der Waals surface area contributed by atoms with Gasteiger partial charge in [0, 0.05) is 49.5 Å². The Hall–Kier alpha value is -2.87. The molecule has 0 saturated carbocycles. The summed E-state index contributed by atoms with van der Waals surface area (Å²) in [5, 5.41) is 5.57. The standard InChI is InChI=1S/C20H21ClFN5O2/c1-13-10-25(18-8-19(29-2)15(21)7-16(18)22)5-6-27(13)20(28)12-26-11-14-3-4-23-9-17(14)24-26/h3-4,7-9,11,13H,5-6,10,12H2,1-2H3. The molecule has 152 valence electrons. The minimum Gasteiger partial charge on any atom is -0.495 e. The topological polar surface area (TPSA) is 63.5 Å². The van der Waals surface area contributed by atoms with Crippen LogP contribution in [0.2, 0.25) is 5.02 Å². The molecule has 29 heavy (non-hydrogen) atoms. The third-order valence-corrected chi connectivity index (χ3v) is 5.46. The summed E-state index contributed by atoms with van der Waals surface area (Å²) in [4.78, 5) is 20.6. The van der Waals surface area contributed by atoms with Crippen molar-refractivity contribution >= 4 is 34.1 Å². The van der Waals surface area contributed by atoms with Crippen molar-refractivity contribution in [3.8, 4) is 5.75 Å². The molecule has 0 N–H and O–H groups in total. The largest absolute Gasteiger partial charge is 0.495 e. The van der Waals surface area contributed by atoms with Crippen molar-refractivity contribution in [2.45, 2.75) is 19.5 Å². The van der Waals surface area contributed by atoms with Gasteiger partial charge in [0.2, 0.25) is 5.91 Å². The molecule has 3 heterocycles. The van der Waals surface area contributed by atoms with Crippen molar-refractivity contribution < 1.29 is 13.9 Å². The van der Waals surface area contributed by atoms with Crippen molar-refractivity contribution in [3.63, 3.8) is 0 Å². The van der Waals surface area contributed by atoms with Crippen molar-refractivity contribution in [2.24, 2.45) is 0 Å². The maximum atomic E-state index is 14.4. The van der Waals surface area contributed by atoms with E-state index in [2.05, 4.69) is 10.1 Å². The Labute approximate surface area is 172 Å². The van der Waals surface area contributed by atoms with Crippen molar-refractivity contribution in [3.05, 3.63) is 47.6 Å². The molecular weight excluding hydrogens is 397 g/mol. The van der Waals surface area contributed by atoms with Gasteiger partial charge in [-0.2, -0.15) is 5.10 Å². The summed E-state index contributed by atoms with van der Waals surface area (Å²) in [5.74, 6) is 0.00107. The zero-order chi connectivity index (χ0) is 20.5. The number of ether oxygens (including phenoxy) is 1. The number of methoxy groups -OCH3 is 1. The lowest BCUT2D eigenvalue weighted by molar-refractivity contribution is -0.134. The highest BCUT2D eigenvalue weighted by Crippen LogP contribution is 2.33. The highest BCUT2D eigenvalue weighted by atomic mass is 35.5. The van der Waals surface area contributed by atoms with Crippen LogP contribution in [0.1, 0.15) is 6.92 Å². The second kappa shape index (κ2) is 7.87. The number of carbonyl (C=O) groups excluding carboxylic acids is 1. The minimum atomic E-state index is -0.403. The molecule has 1 atom stereocenters. The third kappa shape index (κ3) is 3.85. The highest BCUT2D eigenvalue weighted by molar-refractivity contribution is 6.32. The molecule has 1 aliphatic heterocycles. The fraction of sp³-hybridized carbons (Fsp3) is 0.350. The number of hydrogen-bond acceptors (Lipinski definition) is 5. The first-order valence-corrected chi connectivity index (χ1v) is 9.68. The fourth-order valence-corrected chi connectivity index (χ4v) is 3.92. The van der Waals surface area contributed by atoms with Crippen LogP contribution in [0, 0.1) is 5.82 Å². The van der Waals surface area contributed by atoms with E-state index >= 15 is 0 Å². The number of benzene rings is 1. The third-order valence-electron chi connectivity index (χ3n) is 5.16. The second-order valence-electron chi connectivity index (χ2n) is 7.08. The van der Waals surface area contributed by atoms with Crippen LogP contribution in [0.4, 0.5) is 10.1 Å². The number of halogens is 2. The van der Waals surface area contributed by atoms with Gasteiger partial charge in [0.15, 0.2) is 0 Å². The molecule has 3 aromatic rings. The Balaban J connectivity index is 1.45. The highest BCUT2D eigenvalue weighted by Gasteiger charge is 2.29. The Bertz CT molecular complexity index is 1020. The first-order chi connectivity index (χ1) is 14.0. The lowest BCUT2D eigenvalue weighted by atomic mass is 10.1. The molecule has 1 aromatic carbocycles. The summed E-state index contributed by atoms with van der Waals surface area (Å²) in [6.45, 7) is 3.63. The minimum absolute atomic E-state index is 0.0212. The molecule has 7 nitrogen and oxygen atoms in total. The number of fused-ring (bicyclic) bond motifs is 1. The van der Waals surface area contributed by atoms with Gasteiger partial charge in [0.05, 0.1) is 24.0 Å². The normalized spacial score (nSPS) is 17.0. The molecule has 9 heteroatoms. The Morgan fingerprint density at radius 2 is 2.21 bits per heavy atom. The van der Waals surface area contributed by atoms with E-state index in [1.807, 2.05) is 29.0 Å². The average Bonchev–Trinajstić information content (AvgIpc) is 3.10. The molecule has 2 aromatic heterocycles. The number of piperazine rings is 1. The van der Waals surface area contributed by atoms with Crippen LogP contribution in [0.5, 0.6) is 5.75 Å². The Kier molecular flexibility index (Phi) is 5.27.